The Morgan fingerprint density at radius 2 is 0.778 bits per heavy atom. The summed E-state index contributed by atoms with van der Waals surface area (Å²) in [5, 5.41) is 12.9. The molecule has 0 atom stereocenters. The first-order valence-electron chi connectivity index (χ1n) is 22.0. The summed E-state index contributed by atoms with van der Waals surface area (Å²) in [5.41, 5.74) is 19.0. The van der Waals surface area contributed by atoms with E-state index in [1.165, 1.54) is 137 Å². The molecule has 2 aliphatic rings. The van der Waals surface area contributed by atoms with E-state index in [4.69, 9.17) is 0 Å². The van der Waals surface area contributed by atoms with Gasteiger partial charge in [-0.3, -0.25) is 0 Å². The lowest BCUT2D eigenvalue weighted by atomic mass is 9.34. The zero-order valence-electron chi connectivity index (χ0n) is 33.9. The highest BCUT2D eigenvalue weighted by Crippen LogP contribution is 2.48. The van der Waals surface area contributed by atoms with Crippen LogP contribution in [0.2, 0.25) is 0 Å². The van der Waals surface area contributed by atoms with E-state index in [0.29, 0.717) is 0 Å². The Labute approximate surface area is 360 Å². The number of hydrogen-bond acceptors (Lipinski definition) is 0. The molecule has 4 aromatic heterocycles. The summed E-state index contributed by atoms with van der Waals surface area (Å²) in [6.07, 6.45) is 0. The fraction of sp³-hybridized carbons (Fsp3) is 0. The second-order valence-electron chi connectivity index (χ2n) is 17.6. The number of aromatic nitrogens is 4. The van der Waals surface area contributed by atoms with Gasteiger partial charge in [-0.1, -0.05) is 140 Å². The molecule has 0 amide bonds. The van der Waals surface area contributed by atoms with E-state index in [2.05, 4.69) is 218 Å². The molecule has 6 heterocycles. The third kappa shape index (κ3) is 3.79. The van der Waals surface area contributed by atoms with Gasteiger partial charge in [-0.05, 0) is 82.4 Å². The van der Waals surface area contributed by atoms with Gasteiger partial charge in [0.25, 0.3) is 6.71 Å². The van der Waals surface area contributed by atoms with Gasteiger partial charge < -0.3 is 18.3 Å². The van der Waals surface area contributed by atoms with Gasteiger partial charge >= 0.3 is 0 Å². The summed E-state index contributed by atoms with van der Waals surface area (Å²) < 4.78 is 10.2. The van der Waals surface area contributed by atoms with Crippen molar-refractivity contribution in [2.24, 2.45) is 0 Å². The lowest BCUT2D eigenvalue weighted by Crippen LogP contribution is -2.59. The molecule has 0 aliphatic carbocycles. The van der Waals surface area contributed by atoms with Crippen molar-refractivity contribution >= 4 is 121 Å². The summed E-state index contributed by atoms with van der Waals surface area (Å²) in [7, 11) is 0. The second kappa shape index (κ2) is 11.3. The SMILES string of the molecule is c1ccc(-n2c3ccccc3c3cc4c5cccc6c5n(c4cc32)-c2cccc3c2B6c2cccc4c5c6ccccc6c6c(c7ccccc7n6-c6ccccc6)c5n-3c24)cc1. The molecule has 5 heteroatoms. The van der Waals surface area contributed by atoms with E-state index < -0.39 is 0 Å². The second-order valence-corrected chi connectivity index (χ2v) is 17.6. The molecule has 63 heavy (non-hydrogen) atoms. The van der Waals surface area contributed by atoms with Crippen LogP contribution < -0.4 is 16.4 Å². The third-order valence-corrected chi connectivity index (χ3v) is 14.7. The fourth-order valence-electron chi connectivity index (χ4n) is 12.4. The molecule has 2 aliphatic heterocycles. The predicted molar refractivity (Wildman–Crippen MR) is 266 cm³/mol. The zero-order valence-corrected chi connectivity index (χ0v) is 33.9. The molecule has 14 aromatic rings. The zero-order chi connectivity index (χ0) is 40.7. The minimum atomic E-state index is 0.0676. The topological polar surface area (TPSA) is 19.7 Å². The highest BCUT2D eigenvalue weighted by atomic mass is 15.1. The van der Waals surface area contributed by atoms with Crippen LogP contribution in [0.15, 0.2) is 200 Å². The smallest absolute Gasteiger partial charge is 0.252 e. The molecule has 0 unspecified atom stereocenters. The monoisotopic (exact) mass is 796 g/mol. The average Bonchev–Trinajstić information content (AvgIpc) is 4.08. The van der Waals surface area contributed by atoms with Gasteiger partial charge in [0, 0.05) is 82.3 Å². The summed E-state index contributed by atoms with van der Waals surface area (Å²) in [4.78, 5) is 0. The molecule has 0 spiro atoms. The normalized spacial score (nSPS) is 13.0. The highest BCUT2D eigenvalue weighted by molar-refractivity contribution is 7.00. The lowest BCUT2D eigenvalue weighted by molar-refractivity contribution is 1.14. The summed E-state index contributed by atoms with van der Waals surface area (Å²) in [5.74, 6) is 0. The van der Waals surface area contributed by atoms with Crippen molar-refractivity contribution in [2.45, 2.75) is 0 Å². The largest absolute Gasteiger partial charge is 0.310 e. The van der Waals surface area contributed by atoms with E-state index in [9.17, 15) is 0 Å². The molecule has 0 saturated heterocycles. The molecule has 288 valence electrons. The number of nitrogens with zero attached hydrogens (tertiary/aromatic N) is 4. The Kier molecular flexibility index (Phi) is 5.85. The molecule has 0 fully saturated rings. The van der Waals surface area contributed by atoms with Crippen molar-refractivity contribution in [3.05, 3.63) is 200 Å². The van der Waals surface area contributed by atoms with Crippen LogP contribution in [0, 0.1) is 0 Å². The van der Waals surface area contributed by atoms with Crippen LogP contribution >= 0.6 is 0 Å². The summed E-state index contributed by atoms with van der Waals surface area (Å²) in [6.45, 7) is 0.0676. The van der Waals surface area contributed by atoms with Crippen molar-refractivity contribution in [1.29, 1.82) is 0 Å². The maximum Gasteiger partial charge on any atom is 0.252 e. The van der Waals surface area contributed by atoms with Crippen molar-refractivity contribution in [3.8, 4) is 22.7 Å². The number of para-hydroxylation sites is 6. The lowest BCUT2D eigenvalue weighted by Gasteiger charge is -2.33. The fourth-order valence-corrected chi connectivity index (χ4v) is 12.4. The van der Waals surface area contributed by atoms with Crippen LogP contribution in [0.25, 0.3) is 121 Å². The van der Waals surface area contributed by atoms with Crippen LogP contribution in [0.4, 0.5) is 0 Å². The Balaban J connectivity index is 1.09. The van der Waals surface area contributed by atoms with Gasteiger partial charge in [-0.15, -0.1) is 0 Å². The van der Waals surface area contributed by atoms with E-state index >= 15 is 0 Å². The van der Waals surface area contributed by atoms with Crippen molar-refractivity contribution in [1.82, 2.24) is 18.3 Å². The molecular formula is C58H33BN4. The van der Waals surface area contributed by atoms with Crippen LogP contribution in [0.3, 0.4) is 0 Å². The standard InChI is InChI=1S/C58H33BN4/c1-3-16-34(17-4-1)60-46-28-11-9-20-36(46)42-32-43-39-24-13-26-44-55(39)62(51(43)33-50(42)60)48-30-15-31-49-54(48)59(44)45-27-14-25-41-52-37-21-7-8-22-38(37)57-53(58(52)63(49)56(41)45)40-23-10-12-29-47(40)61(57)35-18-5-2-6-19-35/h1-33H. The number of rotatable bonds is 2. The van der Waals surface area contributed by atoms with Gasteiger partial charge in [0.1, 0.15) is 0 Å². The molecular weight excluding hydrogens is 763 g/mol. The number of fused-ring (bicyclic) bond motifs is 20. The van der Waals surface area contributed by atoms with Gasteiger partial charge in [-0.25, -0.2) is 0 Å². The van der Waals surface area contributed by atoms with Crippen LogP contribution in [0.1, 0.15) is 0 Å². The van der Waals surface area contributed by atoms with Crippen LogP contribution in [-0.4, -0.2) is 25.0 Å². The first-order chi connectivity index (χ1) is 31.3. The maximum absolute atomic E-state index is 2.66. The molecule has 10 aromatic carbocycles. The Bertz CT molecular complexity index is 4370. The molecule has 16 rings (SSSR count). The number of hydrogen-bond donors (Lipinski definition) is 0. The minimum absolute atomic E-state index is 0.0676. The number of benzene rings is 10. The molecule has 0 bridgehead atoms. The molecule has 0 radical (unpaired) electrons. The molecule has 0 saturated carbocycles. The van der Waals surface area contributed by atoms with E-state index in [1.807, 2.05) is 0 Å². The first kappa shape index (κ1) is 32.5. The third-order valence-electron chi connectivity index (χ3n) is 14.7. The van der Waals surface area contributed by atoms with Crippen molar-refractivity contribution in [2.75, 3.05) is 0 Å². The quantitative estimate of drug-likeness (QED) is 0.155. The maximum atomic E-state index is 2.66. The van der Waals surface area contributed by atoms with Gasteiger partial charge in [0.05, 0.1) is 33.1 Å². The molecule has 0 N–H and O–H groups in total. The van der Waals surface area contributed by atoms with Crippen LogP contribution in [-0.2, 0) is 0 Å². The van der Waals surface area contributed by atoms with Crippen molar-refractivity contribution < 1.29 is 0 Å². The Morgan fingerprint density at radius 1 is 0.270 bits per heavy atom. The average molecular weight is 797 g/mol. The van der Waals surface area contributed by atoms with E-state index in [1.54, 1.807) is 0 Å². The van der Waals surface area contributed by atoms with E-state index in [-0.39, 0.29) is 6.71 Å². The summed E-state index contributed by atoms with van der Waals surface area (Å²) in [6, 6.07) is 74.9. The van der Waals surface area contributed by atoms with E-state index in [0.717, 1.165) is 0 Å². The van der Waals surface area contributed by atoms with Gasteiger partial charge in [0.2, 0.25) is 0 Å². The summed E-state index contributed by atoms with van der Waals surface area (Å²) >= 11 is 0. The van der Waals surface area contributed by atoms with Gasteiger partial charge in [-0.2, -0.15) is 0 Å². The van der Waals surface area contributed by atoms with Crippen LogP contribution in [0.5, 0.6) is 0 Å². The Hall–Kier alpha value is -8.28. The highest BCUT2D eigenvalue weighted by Gasteiger charge is 2.41. The minimum Gasteiger partial charge on any atom is -0.310 e. The Morgan fingerprint density at radius 3 is 1.52 bits per heavy atom. The molecule has 4 nitrogen and oxygen atoms in total. The van der Waals surface area contributed by atoms with Crippen molar-refractivity contribution in [3.63, 3.8) is 0 Å². The van der Waals surface area contributed by atoms with Gasteiger partial charge in [0.15, 0.2) is 0 Å². The first-order valence-corrected chi connectivity index (χ1v) is 22.0. The predicted octanol–water partition coefficient (Wildman–Crippen LogP) is 12.4.